The van der Waals surface area contributed by atoms with Gasteiger partial charge in [-0.2, -0.15) is 0 Å². The second kappa shape index (κ2) is 9.40. The largest absolute Gasteiger partial charge is 0.418 e. The van der Waals surface area contributed by atoms with Crippen molar-refractivity contribution in [3.05, 3.63) is 34.4 Å². The minimum absolute atomic E-state index is 0. The number of benzene rings is 1. The first-order valence-corrected chi connectivity index (χ1v) is 5.97. The van der Waals surface area contributed by atoms with Gasteiger partial charge in [0.05, 0.1) is 4.92 Å². The van der Waals surface area contributed by atoms with E-state index in [1.807, 2.05) is 0 Å². The van der Waals surface area contributed by atoms with Crippen molar-refractivity contribution in [3.8, 4) is 5.75 Å². The predicted octanol–water partition coefficient (Wildman–Crippen LogP) is 1.53. The van der Waals surface area contributed by atoms with Gasteiger partial charge in [0.25, 0.3) is 0 Å². The molecule has 0 aromatic heterocycles. The lowest BCUT2D eigenvalue weighted by Gasteiger charge is -2.10. The second-order valence-electron chi connectivity index (χ2n) is 4.04. The molecule has 0 aliphatic rings. The number of hydrogen-bond acceptors (Lipinski definition) is 6. The van der Waals surface area contributed by atoms with Gasteiger partial charge in [0.15, 0.2) is 0 Å². The van der Waals surface area contributed by atoms with E-state index in [-0.39, 0.29) is 28.4 Å². The first-order valence-electron chi connectivity index (χ1n) is 5.97. The van der Waals surface area contributed by atoms with Crippen LogP contribution in [0.15, 0.2) is 24.3 Å². The van der Waals surface area contributed by atoms with Crippen LogP contribution in [0.3, 0.4) is 0 Å². The molecule has 20 heavy (non-hydrogen) atoms. The number of para-hydroxylation sites is 2. The lowest BCUT2D eigenvalue weighted by Crippen LogP contribution is -2.34. The molecule has 0 radical (unpaired) electrons. The van der Waals surface area contributed by atoms with Crippen LogP contribution >= 0.6 is 17.0 Å². The van der Waals surface area contributed by atoms with Gasteiger partial charge in [-0.25, -0.2) is 4.79 Å². The number of nitro benzene ring substituents is 1. The maximum Gasteiger partial charge on any atom is 0.328 e. The van der Waals surface area contributed by atoms with Gasteiger partial charge >= 0.3 is 11.7 Å². The molecule has 0 amide bonds. The summed E-state index contributed by atoms with van der Waals surface area (Å²) in [7, 11) is 0. The zero-order valence-corrected chi connectivity index (χ0v) is 12.6. The molecular weight excluding hydrogens is 330 g/mol. The van der Waals surface area contributed by atoms with Crippen molar-refractivity contribution in [1.82, 2.24) is 0 Å². The summed E-state index contributed by atoms with van der Waals surface area (Å²) >= 11 is 0. The lowest BCUT2D eigenvalue weighted by molar-refractivity contribution is -0.385. The minimum Gasteiger partial charge on any atom is -0.418 e. The Morgan fingerprint density at radius 3 is 2.60 bits per heavy atom. The molecule has 1 aromatic carbocycles. The fourth-order valence-electron chi connectivity index (χ4n) is 1.50. The van der Waals surface area contributed by atoms with Gasteiger partial charge in [0.1, 0.15) is 6.04 Å². The summed E-state index contributed by atoms with van der Waals surface area (Å²) in [6, 6.07) is 4.88. The number of halogens is 1. The highest BCUT2D eigenvalue weighted by molar-refractivity contribution is 8.93. The van der Waals surface area contributed by atoms with Crippen molar-refractivity contribution < 1.29 is 14.5 Å². The summed E-state index contributed by atoms with van der Waals surface area (Å²) < 4.78 is 4.96. The Balaban J connectivity index is 0.00000361. The Morgan fingerprint density at radius 1 is 1.35 bits per heavy atom. The van der Waals surface area contributed by atoms with Crippen molar-refractivity contribution in [2.75, 3.05) is 6.54 Å². The molecule has 0 unspecified atom stereocenters. The zero-order valence-electron chi connectivity index (χ0n) is 10.9. The maximum atomic E-state index is 11.7. The molecule has 0 aliphatic heterocycles. The van der Waals surface area contributed by atoms with Crippen LogP contribution < -0.4 is 16.2 Å². The average Bonchev–Trinajstić information content (AvgIpc) is 2.39. The Labute approximate surface area is 127 Å². The SMILES string of the molecule is Br.NCCCC[C@H](N)C(=O)Oc1ccccc1[N+](=O)[O-]. The van der Waals surface area contributed by atoms with Crippen molar-refractivity contribution in [2.45, 2.75) is 25.3 Å². The van der Waals surface area contributed by atoms with Crippen molar-refractivity contribution in [2.24, 2.45) is 11.5 Å². The molecule has 1 aromatic rings. The summed E-state index contributed by atoms with van der Waals surface area (Å²) in [4.78, 5) is 21.8. The highest BCUT2D eigenvalue weighted by Crippen LogP contribution is 2.26. The van der Waals surface area contributed by atoms with E-state index < -0.39 is 16.9 Å². The Bertz CT molecular complexity index is 456. The molecule has 0 saturated heterocycles. The molecule has 1 rings (SSSR count). The molecule has 0 aliphatic carbocycles. The molecule has 0 spiro atoms. The van der Waals surface area contributed by atoms with Crippen LogP contribution in [0, 0.1) is 10.1 Å². The van der Waals surface area contributed by atoms with E-state index in [9.17, 15) is 14.9 Å². The minimum atomic E-state index is -0.800. The third-order valence-corrected chi connectivity index (χ3v) is 2.54. The van der Waals surface area contributed by atoms with E-state index in [1.165, 1.54) is 18.2 Å². The molecule has 112 valence electrons. The van der Waals surface area contributed by atoms with E-state index in [1.54, 1.807) is 6.07 Å². The third-order valence-electron chi connectivity index (χ3n) is 2.54. The van der Waals surface area contributed by atoms with Gasteiger partial charge < -0.3 is 16.2 Å². The number of nitrogens with two attached hydrogens (primary N) is 2. The van der Waals surface area contributed by atoms with Crippen molar-refractivity contribution in [3.63, 3.8) is 0 Å². The maximum absolute atomic E-state index is 11.7. The molecule has 4 N–H and O–H groups in total. The van der Waals surface area contributed by atoms with Crippen molar-refractivity contribution >= 4 is 28.6 Å². The number of hydrogen-bond donors (Lipinski definition) is 2. The number of esters is 1. The first-order chi connectivity index (χ1) is 9.06. The molecule has 0 fully saturated rings. The predicted molar refractivity (Wildman–Crippen MR) is 79.9 cm³/mol. The van der Waals surface area contributed by atoms with Crippen molar-refractivity contribution in [1.29, 1.82) is 0 Å². The lowest BCUT2D eigenvalue weighted by atomic mass is 10.1. The first kappa shape index (κ1) is 18.5. The number of rotatable bonds is 7. The Kier molecular flexibility index (Phi) is 8.69. The summed E-state index contributed by atoms with van der Waals surface area (Å²) in [6.45, 7) is 0.534. The van der Waals surface area contributed by atoms with Crippen LogP contribution in [0.1, 0.15) is 19.3 Å². The number of ether oxygens (including phenoxy) is 1. The summed E-state index contributed by atoms with van der Waals surface area (Å²) in [5.74, 6) is -0.766. The highest BCUT2D eigenvalue weighted by Gasteiger charge is 2.20. The van der Waals surface area contributed by atoms with Gasteiger partial charge in [-0.05, 0) is 25.5 Å². The van der Waals surface area contributed by atoms with E-state index >= 15 is 0 Å². The summed E-state index contributed by atoms with van der Waals surface area (Å²) in [6.07, 6.45) is 1.92. The zero-order chi connectivity index (χ0) is 14.3. The average molecular weight is 348 g/mol. The Morgan fingerprint density at radius 2 is 2.00 bits per heavy atom. The molecule has 1 atom stereocenters. The number of nitro groups is 1. The molecule has 8 heteroatoms. The van der Waals surface area contributed by atoms with Gasteiger partial charge in [-0.1, -0.05) is 18.6 Å². The molecule has 7 nitrogen and oxygen atoms in total. The molecular formula is C12H18BrN3O4. The van der Waals surface area contributed by atoms with E-state index in [2.05, 4.69) is 0 Å². The number of unbranched alkanes of at least 4 members (excludes halogenated alkanes) is 1. The quantitative estimate of drug-likeness (QED) is 0.253. The van der Waals surface area contributed by atoms with Crippen LogP contribution in [0.4, 0.5) is 5.69 Å². The summed E-state index contributed by atoms with van der Waals surface area (Å²) in [5.41, 5.74) is 10.7. The third kappa shape index (κ3) is 5.64. The van der Waals surface area contributed by atoms with Crippen LogP contribution in [-0.2, 0) is 4.79 Å². The van der Waals surface area contributed by atoms with Gasteiger partial charge in [0.2, 0.25) is 5.75 Å². The van der Waals surface area contributed by atoms with E-state index in [0.717, 1.165) is 6.42 Å². The molecule has 0 bridgehead atoms. The van der Waals surface area contributed by atoms with E-state index in [0.29, 0.717) is 19.4 Å². The van der Waals surface area contributed by atoms with Crippen LogP contribution in [-0.4, -0.2) is 23.5 Å². The summed E-state index contributed by atoms with van der Waals surface area (Å²) in [5, 5.41) is 10.8. The van der Waals surface area contributed by atoms with E-state index in [4.69, 9.17) is 16.2 Å². The molecule has 0 saturated carbocycles. The topological polar surface area (TPSA) is 121 Å². The normalized spacial score (nSPS) is 11.3. The number of carbonyl (C=O) groups excluding carboxylic acids is 1. The second-order valence-corrected chi connectivity index (χ2v) is 4.04. The van der Waals surface area contributed by atoms with Gasteiger partial charge in [-0.15, -0.1) is 17.0 Å². The monoisotopic (exact) mass is 347 g/mol. The fraction of sp³-hybridized carbons (Fsp3) is 0.417. The number of carbonyl (C=O) groups is 1. The van der Waals surface area contributed by atoms with Gasteiger partial charge in [0, 0.05) is 6.07 Å². The van der Waals surface area contributed by atoms with Gasteiger partial charge in [-0.3, -0.25) is 10.1 Å². The smallest absolute Gasteiger partial charge is 0.328 e. The molecule has 0 heterocycles. The Hall–Kier alpha value is -1.51. The van der Waals surface area contributed by atoms with Crippen LogP contribution in [0.2, 0.25) is 0 Å². The van der Waals surface area contributed by atoms with Crippen LogP contribution in [0.5, 0.6) is 5.75 Å². The standard InChI is InChI=1S/C12H17N3O4.BrH/c13-8-4-3-5-9(14)12(16)19-11-7-2-1-6-10(11)15(17)18;/h1-2,6-7,9H,3-5,8,13-14H2;1H/t9-;/m0./s1. The van der Waals surface area contributed by atoms with Crippen LogP contribution in [0.25, 0.3) is 0 Å². The number of nitrogens with zero attached hydrogens (tertiary/aromatic N) is 1. The highest BCUT2D eigenvalue weighted by atomic mass is 79.9. The fourth-order valence-corrected chi connectivity index (χ4v) is 1.50.